The first-order valence-electron chi connectivity index (χ1n) is 7.34. The van der Waals surface area contributed by atoms with E-state index in [4.69, 9.17) is 0 Å². The van der Waals surface area contributed by atoms with Crippen molar-refractivity contribution in [3.05, 3.63) is 0 Å². The van der Waals surface area contributed by atoms with Gasteiger partial charge < -0.3 is 5.32 Å². The van der Waals surface area contributed by atoms with Gasteiger partial charge in [-0.3, -0.25) is 0 Å². The molecule has 1 aliphatic carbocycles. The minimum Gasteiger partial charge on any atom is -0.316 e. The van der Waals surface area contributed by atoms with Crippen LogP contribution in [0.15, 0.2) is 0 Å². The van der Waals surface area contributed by atoms with E-state index < -0.39 is 9.84 Å². The van der Waals surface area contributed by atoms with Crippen molar-refractivity contribution >= 4 is 9.84 Å². The van der Waals surface area contributed by atoms with Crippen LogP contribution >= 0.6 is 0 Å². The summed E-state index contributed by atoms with van der Waals surface area (Å²) in [5.74, 6) is 1.45. The van der Waals surface area contributed by atoms with Crippen molar-refractivity contribution in [3.8, 4) is 0 Å². The molecule has 0 heterocycles. The number of sulfone groups is 1. The SMILES string of the molecule is CCCNCC(C)(CCCS(=O)(=O)CC)C1CC1. The van der Waals surface area contributed by atoms with Crippen LogP contribution in [-0.4, -0.2) is 33.0 Å². The van der Waals surface area contributed by atoms with Crippen molar-refractivity contribution in [2.45, 2.75) is 52.9 Å². The van der Waals surface area contributed by atoms with Gasteiger partial charge in [0.05, 0.1) is 5.75 Å². The predicted molar refractivity (Wildman–Crippen MR) is 77.6 cm³/mol. The fourth-order valence-electron chi connectivity index (χ4n) is 2.61. The van der Waals surface area contributed by atoms with E-state index in [-0.39, 0.29) is 5.75 Å². The van der Waals surface area contributed by atoms with Crippen LogP contribution < -0.4 is 5.32 Å². The van der Waals surface area contributed by atoms with Crippen LogP contribution in [-0.2, 0) is 9.84 Å². The molecule has 1 rings (SSSR count). The van der Waals surface area contributed by atoms with Gasteiger partial charge in [-0.2, -0.15) is 0 Å². The highest BCUT2D eigenvalue weighted by Gasteiger charge is 2.40. The van der Waals surface area contributed by atoms with Gasteiger partial charge in [0.2, 0.25) is 0 Å². The third kappa shape index (κ3) is 5.27. The molecule has 0 bridgehead atoms. The Balaban J connectivity index is 2.38. The number of hydrogen-bond donors (Lipinski definition) is 1. The Morgan fingerprint density at radius 3 is 2.44 bits per heavy atom. The molecule has 0 aromatic rings. The fraction of sp³-hybridized carbons (Fsp3) is 1.00. The lowest BCUT2D eigenvalue weighted by Gasteiger charge is -2.30. The van der Waals surface area contributed by atoms with E-state index in [1.807, 2.05) is 0 Å². The van der Waals surface area contributed by atoms with Crippen LogP contribution in [0.3, 0.4) is 0 Å². The van der Waals surface area contributed by atoms with Crippen LogP contribution in [0.2, 0.25) is 0 Å². The van der Waals surface area contributed by atoms with E-state index in [0.29, 0.717) is 11.2 Å². The van der Waals surface area contributed by atoms with Gasteiger partial charge in [-0.1, -0.05) is 20.8 Å². The summed E-state index contributed by atoms with van der Waals surface area (Å²) >= 11 is 0. The van der Waals surface area contributed by atoms with E-state index in [1.54, 1.807) is 6.92 Å². The average molecular weight is 275 g/mol. The second-order valence-corrected chi connectivity index (χ2v) is 8.42. The van der Waals surface area contributed by atoms with Crippen molar-refractivity contribution in [1.82, 2.24) is 5.32 Å². The topological polar surface area (TPSA) is 46.2 Å². The molecule has 1 unspecified atom stereocenters. The molecule has 0 aromatic heterocycles. The maximum Gasteiger partial charge on any atom is 0.150 e. The van der Waals surface area contributed by atoms with Crippen molar-refractivity contribution in [1.29, 1.82) is 0 Å². The Morgan fingerprint density at radius 1 is 1.28 bits per heavy atom. The minimum atomic E-state index is -2.79. The smallest absolute Gasteiger partial charge is 0.150 e. The molecule has 1 aliphatic rings. The molecule has 1 saturated carbocycles. The Hall–Kier alpha value is -0.0900. The second-order valence-electron chi connectivity index (χ2n) is 5.95. The molecule has 108 valence electrons. The van der Waals surface area contributed by atoms with Crippen LogP contribution in [0.5, 0.6) is 0 Å². The zero-order chi connectivity index (χ0) is 13.6. The summed E-state index contributed by atoms with van der Waals surface area (Å²) in [5.41, 5.74) is 0.304. The molecule has 1 fully saturated rings. The van der Waals surface area contributed by atoms with Gasteiger partial charge in [0.15, 0.2) is 0 Å². The lowest BCUT2D eigenvalue weighted by Crippen LogP contribution is -2.34. The van der Waals surface area contributed by atoms with Gasteiger partial charge in [0, 0.05) is 12.3 Å². The summed E-state index contributed by atoms with van der Waals surface area (Å²) < 4.78 is 23.0. The molecule has 0 radical (unpaired) electrons. The summed E-state index contributed by atoms with van der Waals surface area (Å²) in [7, 11) is -2.79. The third-order valence-corrected chi connectivity index (χ3v) is 5.95. The number of nitrogens with one attached hydrogen (secondary N) is 1. The Bertz CT molecular complexity index is 336. The van der Waals surface area contributed by atoms with Crippen molar-refractivity contribution in [2.24, 2.45) is 11.3 Å². The van der Waals surface area contributed by atoms with Gasteiger partial charge in [0.25, 0.3) is 0 Å². The molecular formula is C14H29NO2S. The summed E-state index contributed by atoms with van der Waals surface area (Å²) in [6, 6.07) is 0. The van der Waals surface area contributed by atoms with Gasteiger partial charge in [-0.05, 0) is 50.0 Å². The van der Waals surface area contributed by atoms with Crippen molar-refractivity contribution in [3.63, 3.8) is 0 Å². The van der Waals surface area contributed by atoms with Gasteiger partial charge in [-0.15, -0.1) is 0 Å². The van der Waals surface area contributed by atoms with E-state index in [1.165, 1.54) is 12.8 Å². The Morgan fingerprint density at radius 2 is 1.94 bits per heavy atom. The highest BCUT2D eigenvalue weighted by molar-refractivity contribution is 7.91. The first kappa shape index (κ1) is 16.0. The fourth-order valence-corrected chi connectivity index (χ4v) is 3.48. The summed E-state index contributed by atoms with van der Waals surface area (Å²) in [5, 5.41) is 3.51. The molecule has 4 heteroatoms. The van der Waals surface area contributed by atoms with Crippen molar-refractivity contribution in [2.75, 3.05) is 24.6 Å². The number of hydrogen-bond acceptors (Lipinski definition) is 3. The van der Waals surface area contributed by atoms with E-state index in [2.05, 4.69) is 19.2 Å². The molecule has 1 N–H and O–H groups in total. The first-order valence-corrected chi connectivity index (χ1v) is 9.17. The van der Waals surface area contributed by atoms with Crippen LogP contribution in [0, 0.1) is 11.3 Å². The predicted octanol–water partition coefficient (Wildman–Crippen LogP) is 2.62. The molecule has 0 spiro atoms. The highest BCUT2D eigenvalue weighted by Crippen LogP contribution is 2.47. The standard InChI is InChI=1S/C14H29NO2S/c1-4-10-15-12-14(3,13-7-8-13)9-6-11-18(16,17)5-2/h13,15H,4-12H2,1-3H3. The normalized spacial score (nSPS) is 19.7. The molecule has 0 aromatic carbocycles. The highest BCUT2D eigenvalue weighted by atomic mass is 32.2. The molecule has 1 atom stereocenters. The second kappa shape index (κ2) is 6.90. The maximum atomic E-state index is 11.5. The molecule has 3 nitrogen and oxygen atoms in total. The maximum absolute atomic E-state index is 11.5. The monoisotopic (exact) mass is 275 g/mol. The summed E-state index contributed by atoms with van der Waals surface area (Å²) in [4.78, 5) is 0. The van der Waals surface area contributed by atoms with E-state index >= 15 is 0 Å². The Kier molecular flexibility index (Phi) is 6.12. The molecule has 0 aliphatic heterocycles. The lowest BCUT2D eigenvalue weighted by atomic mass is 9.80. The van der Waals surface area contributed by atoms with E-state index in [9.17, 15) is 8.42 Å². The molecular weight excluding hydrogens is 246 g/mol. The quantitative estimate of drug-likeness (QED) is 0.623. The van der Waals surface area contributed by atoms with Crippen LogP contribution in [0.1, 0.15) is 52.9 Å². The third-order valence-electron chi connectivity index (χ3n) is 4.16. The van der Waals surface area contributed by atoms with Crippen molar-refractivity contribution < 1.29 is 8.42 Å². The first-order chi connectivity index (χ1) is 8.43. The Labute approximate surface area is 113 Å². The van der Waals surface area contributed by atoms with Gasteiger partial charge in [0.1, 0.15) is 9.84 Å². The minimum absolute atomic E-state index is 0.279. The lowest BCUT2D eigenvalue weighted by molar-refractivity contribution is 0.235. The zero-order valence-electron chi connectivity index (χ0n) is 12.2. The molecule has 0 amide bonds. The molecule has 18 heavy (non-hydrogen) atoms. The zero-order valence-corrected chi connectivity index (χ0v) is 13.0. The largest absolute Gasteiger partial charge is 0.316 e. The van der Waals surface area contributed by atoms with Gasteiger partial charge >= 0.3 is 0 Å². The summed E-state index contributed by atoms with van der Waals surface area (Å²) in [6.07, 6.45) is 5.66. The van der Waals surface area contributed by atoms with Gasteiger partial charge in [-0.25, -0.2) is 8.42 Å². The van der Waals surface area contributed by atoms with E-state index in [0.717, 1.165) is 38.3 Å². The van der Waals surface area contributed by atoms with Crippen LogP contribution in [0.25, 0.3) is 0 Å². The summed E-state index contributed by atoms with van der Waals surface area (Å²) in [6.45, 7) is 8.34. The number of rotatable bonds is 10. The molecule has 0 saturated heterocycles. The van der Waals surface area contributed by atoms with Crippen LogP contribution in [0.4, 0.5) is 0 Å². The average Bonchev–Trinajstić information content (AvgIpc) is 3.13.